The van der Waals surface area contributed by atoms with Gasteiger partial charge in [0.1, 0.15) is 48.6 Å². The maximum atomic E-state index is 17.7. The average Bonchev–Trinajstić information content (AvgIpc) is 3.84. The van der Waals surface area contributed by atoms with Crippen LogP contribution in [-0.4, -0.2) is 75.2 Å². The summed E-state index contributed by atoms with van der Waals surface area (Å²) in [5, 5.41) is 4.24. The molecule has 13 nitrogen and oxygen atoms in total. The maximum absolute atomic E-state index is 17.7. The van der Waals surface area contributed by atoms with E-state index < -0.39 is 54.7 Å². The van der Waals surface area contributed by atoms with E-state index in [4.69, 9.17) is 22.3 Å². The first-order valence-electron chi connectivity index (χ1n) is 19.6. The van der Waals surface area contributed by atoms with Gasteiger partial charge in [-0.05, 0) is 47.0 Å². The van der Waals surface area contributed by atoms with Crippen LogP contribution in [-0.2, 0) is 28.2 Å². The van der Waals surface area contributed by atoms with Gasteiger partial charge in [0.2, 0.25) is 0 Å². The van der Waals surface area contributed by atoms with Crippen LogP contribution in [0.15, 0.2) is 122 Å². The standard InChI is InChI=1S/C43H48FN6O7PSSi/c1-6-24-53-31-22-23-45-34(25-31)29(2)56-59(58-52)54-26-35-38(57-60(43(3,4)5,32-18-12-8-13-19-32)33-20-14-9-15-21-33)36(44)42(55-35)50-28-48-37-39(46-27-47-40(37)50)49-41(51)30-16-10-7-11-17-30/h7-23,25,27-29,35-36,38,42,52H,6,24,26H2,1-5H3,(H,46,47,49,51)/t29-,35-,36-,38-,42-,59+/m1/s1. The first kappa shape index (κ1) is 43.3. The van der Waals surface area contributed by atoms with Crippen molar-refractivity contribution in [3.8, 4) is 5.75 Å². The Bertz CT molecular complexity index is 2360. The molecule has 1 amide bonds. The molecule has 0 bridgehead atoms. The van der Waals surface area contributed by atoms with Gasteiger partial charge in [-0.1, -0.05) is 107 Å². The number of alkyl halides is 1. The predicted molar refractivity (Wildman–Crippen MR) is 233 cm³/mol. The Balaban J connectivity index is 1.23. The zero-order valence-corrected chi connectivity index (χ0v) is 36.6. The minimum Gasteiger partial charge on any atom is -0.493 e. The topological polar surface area (TPSA) is 152 Å². The van der Waals surface area contributed by atoms with Crippen molar-refractivity contribution in [1.29, 1.82) is 0 Å². The summed E-state index contributed by atoms with van der Waals surface area (Å²) < 4.78 is 51.4. The Labute approximate surface area is 353 Å². The lowest BCUT2D eigenvalue weighted by molar-refractivity contribution is -0.0389. The number of anilines is 1. The highest BCUT2D eigenvalue weighted by atomic mass is 32.5. The van der Waals surface area contributed by atoms with Gasteiger partial charge in [0.25, 0.3) is 14.2 Å². The van der Waals surface area contributed by atoms with Gasteiger partial charge in [0, 0.05) is 17.8 Å². The number of hydrogen-bond acceptors (Lipinski definition) is 10. The largest absolute Gasteiger partial charge is 0.493 e. The van der Waals surface area contributed by atoms with Gasteiger partial charge in [0.15, 0.2) is 29.4 Å². The molecular formula is C43H48FN6O7PSSi. The normalized spacial score (nSPS) is 19.3. The van der Waals surface area contributed by atoms with Gasteiger partial charge in [-0.2, -0.15) is 0 Å². The molecule has 0 radical (unpaired) electrons. The van der Waals surface area contributed by atoms with Gasteiger partial charge < -0.3 is 24.1 Å². The van der Waals surface area contributed by atoms with E-state index in [1.807, 2.05) is 73.7 Å². The van der Waals surface area contributed by atoms with E-state index in [-0.39, 0.29) is 37.1 Å². The second kappa shape index (κ2) is 19.3. The van der Waals surface area contributed by atoms with Crippen molar-refractivity contribution >= 4 is 59.8 Å². The molecule has 314 valence electrons. The molecule has 1 saturated heterocycles. The fourth-order valence-corrected chi connectivity index (χ4v) is 13.6. The molecule has 1 aliphatic heterocycles. The predicted octanol–water partition coefficient (Wildman–Crippen LogP) is 7.45. The van der Waals surface area contributed by atoms with Gasteiger partial charge in [-0.15, -0.1) is 0 Å². The van der Waals surface area contributed by atoms with E-state index in [2.05, 4.69) is 46.0 Å². The summed E-state index contributed by atoms with van der Waals surface area (Å²) in [6.07, 6.45) is -0.596. The number of aromatic nitrogens is 5. The molecule has 0 saturated carbocycles. The van der Waals surface area contributed by atoms with E-state index in [0.717, 1.165) is 16.8 Å². The Kier molecular flexibility index (Phi) is 13.9. The number of hydrogen-bond donors (Lipinski definition) is 2. The molecule has 7 rings (SSSR count). The first-order valence-corrected chi connectivity index (χ1v) is 24.1. The fourth-order valence-electron chi connectivity index (χ4n) is 7.32. The van der Waals surface area contributed by atoms with Gasteiger partial charge in [-0.25, -0.2) is 19.3 Å². The van der Waals surface area contributed by atoms with E-state index in [9.17, 15) is 9.69 Å². The number of pyridine rings is 1. The van der Waals surface area contributed by atoms with Gasteiger partial charge >= 0.3 is 0 Å². The number of carbonyl (C=O) groups is 1. The van der Waals surface area contributed by atoms with Gasteiger partial charge in [-0.3, -0.25) is 22.7 Å². The van der Waals surface area contributed by atoms with Crippen molar-refractivity contribution in [3.05, 3.63) is 133 Å². The molecule has 0 aliphatic carbocycles. The third-order valence-electron chi connectivity index (χ3n) is 10.2. The van der Waals surface area contributed by atoms with Crippen LogP contribution in [0.3, 0.4) is 0 Å². The third kappa shape index (κ3) is 9.26. The number of rotatable bonds is 16. The highest BCUT2D eigenvalue weighted by Crippen LogP contribution is 2.43. The molecule has 0 spiro atoms. The molecular weight excluding hydrogens is 823 g/mol. The summed E-state index contributed by atoms with van der Waals surface area (Å²) in [4.78, 5) is 41.3. The van der Waals surface area contributed by atoms with Gasteiger partial charge in [0.05, 0.1) is 25.2 Å². The highest BCUT2D eigenvalue weighted by molar-refractivity contribution is 8.13. The molecule has 17 heteroatoms. The molecule has 1 aliphatic rings. The second-order valence-corrected chi connectivity index (χ2v) is 21.9. The Hall–Kier alpha value is -4.77. The minimum absolute atomic E-state index is 0.162. The Morgan fingerprint density at radius 3 is 2.28 bits per heavy atom. The van der Waals surface area contributed by atoms with Crippen molar-refractivity contribution in [2.75, 3.05) is 18.5 Å². The summed E-state index contributed by atoms with van der Waals surface area (Å²) in [5.74, 6) is 0.436. The average molecular weight is 871 g/mol. The Morgan fingerprint density at radius 2 is 1.65 bits per heavy atom. The fraction of sp³-hybridized carbons (Fsp3) is 0.326. The van der Waals surface area contributed by atoms with Crippen LogP contribution in [0.25, 0.3) is 11.2 Å². The molecule has 6 aromatic rings. The first-order chi connectivity index (χ1) is 29.0. The lowest BCUT2D eigenvalue weighted by Gasteiger charge is -2.45. The number of fused-ring (bicyclic) bond motifs is 1. The van der Waals surface area contributed by atoms with E-state index in [1.165, 1.54) is 17.2 Å². The molecule has 4 heterocycles. The van der Waals surface area contributed by atoms with Crippen molar-refractivity contribution in [2.24, 2.45) is 0 Å². The van der Waals surface area contributed by atoms with Crippen molar-refractivity contribution in [2.45, 2.75) is 76.8 Å². The lowest BCUT2D eigenvalue weighted by atomic mass is 10.1. The third-order valence-corrected chi connectivity index (χ3v) is 17.1. The number of benzene rings is 3. The lowest BCUT2D eigenvalue weighted by Crippen LogP contribution is -2.69. The van der Waals surface area contributed by atoms with Crippen molar-refractivity contribution < 1.29 is 36.3 Å². The van der Waals surface area contributed by atoms with Crippen molar-refractivity contribution in [1.82, 2.24) is 24.5 Å². The summed E-state index contributed by atoms with van der Waals surface area (Å²) in [6, 6.07) is 32.2. The number of ether oxygens (including phenoxy) is 2. The molecule has 6 atom stereocenters. The summed E-state index contributed by atoms with van der Waals surface area (Å²) in [6.45, 7) is 10.5. The molecule has 3 aromatic carbocycles. The minimum atomic E-state index is -3.35. The monoisotopic (exact) mass is 870 g/mol. The van der Waals surface area contributed by atoms with Crippen LogP contribution in [0.2, 0.25) is 5.04 Å². The molecule has 3 aromatic heterocycles. The summed E-state index contributed by atoms with van der Waals surface area (Å²) in [5.41, 5.74) is 1.52. The van der Waals surface area contributed by atoms with E-state index in [1.54, 1.807) is 49.5 Å². The number of nitrogens with zero attached hydrogens (tertiary/aromatic N) is 5. The smallest absolute Gasteiger partial charge is 0.261 e. The van der Waals surface area contributed by atoms with E-state index >= 15 is 4.39 Å². The van der Waals surface area contributed by atoms with Crippen LogP contribution in [0.1, 0.15) is 69.4 Å². The van der Waals surface area contributed by atoms with Crippen LogP contribution in [0.5, 0.6) is 5.75 Å². The summed E-state index contributed by atoms with van der Waals surface area (Å²) in [7, 11) is -5.01. The maximum Gasteiger partial charge on any atom is 0.261 e. The van der Waals surface area contributed by atoms with Crippen LogP contribution in [0.4, 0.5) is 10.2 Å². The molecule has 2 N–H and O–H groups in total. The second-order valence-electron chi connectivity index (χ2n) is 15.2. The number of carbonyl (C=O) groups excluding carboxylic acids is 1. The van der Waals surface area contributed by atoms with Crippen LogP contribution >= 0.6 is 7.58 Å². The summed E-state index contributed by atoms with van der Waals surface area (Å²) >= 11 is 0. The van der Waals surface area contributed by atoms with E-state index in [0.29, 0.717) is 23.6 Å². The SMILES string of the molecule is CCCOc1ccnc([C@@H](C)O[S@](OC[C@H]2O[C@@H](n3cnc4c(NC(=O)c5ccccc5)ncnc43)[C@H](F)[C@@H]2O[Si](c2ccccc2)(c2ccccc2)C(C)(C)C)=PO)c1. The van der Waals surface area contributed by atoms with Crippen LogP contribution < -0.4 is 20.4 Å². The molecule has 1 fully saturated rings. The highest BCUT2D eigenvalue weighted by Gasteiger charge is 2.57. The molecule has 0 unspecified atom stereocenters. The number of halogens is 1. The zero-order valence-electron chi connectivity index (χ0n) is 33.9. The number of amides is 1. The Morgan fingerprint density at radius 1 is 0.983 bits per heavy atom. The molecule has 60 heavy (non-hydrogen) atoms. The quantitative estimate of drug-likeness (QED) is 0.0737. The number of nitrogens with one attached hydrogen (secondary N) is 1. The van der Waals surface area contributed by atoms with Crippen molar-refractivity contribution in [3.63, 3.8) is 0 Å². The van der Waals surface area contributed by atoms with Crippen LogP contribution in [0, 0.1) is 0 Å². The zero-order chi connectivity index (χ0) is 42.3. The number of imidazole rings is 1.